The number of aliphatic hydroxyl groups excluding tert-OH is 1. The summed E-state index contributed by atoms with van der Waals surface area (Å²) in [4.78, 5) is 10.7. The van der Waals surface area contributed by atoms with Crippen molar-refractivity contribution < 1.29 is 15.0 Å². The predicted molar refractivity (Wildman–Crippen MR) is 144 cm³/mol. The molecule has 5 rings (SSSR count). The fourth-order valence-electron chi connectivity index (χ4n) is 4.56. The van der Waals surface area contributed by atoms with Gasteiger partial charge in [0.2, 0.25) is 0 Å². The third-order valence-electron chi connectivity index (χ3n) is 6.47. The van der Waals surface area contributed by atoms with Crippen molar-refractivity contribution in [3.8, 4) is 33.6 Å². The van der Waals surface area contributed by atoms with Crippen molar-refractivity contribution in [1.82, 2.24) is 19.9 Å². The molecule has 7 nitrogen and oxygen atoms in total. The number of carboxylic acid groups (broad SMARTS) is 1. The molecule has 37 heavy (non-hydrogen) atoms. The Labute approximate surface area is 215 Å². The van der Waals surface area contributed by atoms with Gasteiger partial charge < -0.3 is 15.5 Å². The first kappa shape index (κ1) is 24.4. The first-order valence-electron chi connectivity index (χ1n) is 12.2. The maximum Gasteiger partial charge on any atom is 0.306 e. The summed E-state index contributed by atoms with van der Waals surface area (Å²) in [5, 5.41) is 30.4. The van der Waals surface area contributed by atoms with Crippen LogP contribution >= 0.6 is 0 Å². The average Bonchev–Trinajstić information content (AvgIpc) is 3.33. The van der Waals surface area contributed by atoms with Gasteiger partial charge >= 0.3 is 5.97 Å². The highest BCUT2D eigenvalue weighted by Gasteiger charge is 2.13. The second kappa shape index (κ2) is 10.7. The zero-order valence-electron chi connectivity index (χ0n) is 20.5. The molecule has 0 fully saturated rings. The maximum atomic E-state index is 10.7. The fraction of sp³-hybridized carbons (Fsp3) is 0.167. The number of carboxylic acids is 1. The van der Waals surface area contributed by atoms with Gasteiger partial charge in [-0.05, 0) is 52.4 Å². The summed E-state index contributed by atoms with van der Waals surface area (Å²) in [6, 6.07) is 28.9. The van der Waals surface area contributed by atoms with Crippen LogP contribution in [0.25, 0.3) is 39.3 Å². The van der Waals surface area contributed by atoms with Gasteiger partial charge in [-0.2, -0.15) is 0 Å². The van der Waals surface area contributed by atoms with Crippen molar-refractivity contribution >= 4 is 11.6 Å². The number of hydrogen-bond acceptors (Lipinski definition) is 5. The standard InChI is InChI=1S/C30H28N4O3/c1-20-26(22-6-3-2-4-7-22)8-5-9-27(20)24-14-15-34-28(16-24)32-33-30(34)23-12-10-21(11-13-23)18-31-19-25(35)17-29(36)37/h2-16,25,31,35H,17-19H2,1H3,(H,36,37). The summed E-state index contributed by atoms with van der Waals surface area (Å²) in [6.45, 7) is 2.90. The lowest BCUT2D eigenvalue weighted by molar-refractivity contribution is -0.139. The average molecular weight is 493 g/mol. The highest BCUT2D eigenvalue weighted by atomic mass is 16.4. The van der Waals surface area contributed by atoms with Gasteiger partial charge in [-0.3, -0.25) is 9.20 Å². The van der Waals surface area contributed by atoms with Crippen molar-refractivity contribution in [2.24, 2.45) is 0 Å². The molecule has 1 atom stereocenters. The number of aromatic nitrogens is 3. The zero-order chi connectivity index (χ0) is 25.8. The van der Waals surface area contributed by atoms with E-state index in [2.05, 4.69) is 77.0 Å². The maximum absolute atomic E-state index is 10.7. The number of nitrogens with zero attached hydrogens (tertiary/aromatic N) is 3. The van der Waals surface area contributed by atoms with Crippen molar-refractivity contribution in [3.05, 3.63) is 102 Å². The van der Waals surface area contributed by atoms with E-state index in [9.17, 15) is 9.90 Å². The number of rotatable bonds is 9. The number of aliphatic carboxylic acids is 1. The molecule has 0 aliphatic heterocycles. The molecule has 0 saturated heterocycles. The molecule has 2 aromatic heterocycles. The van der Waals surface area contributed by atoms with Crippen LogP contribution in [-0.2, 0) is 11.3 Å². The fourth-order valence-corrected chi connectivity index (χ4v) is 4.56. The number of nitrogens with one attached hydrogen (secondary N) is 1. The monoisotopic (exact) mass is 492 g/mol. The molecule has 1 unspecified atom stereocenters. The van der Waals surface area contributed by atoms with Crippen LogP contribution in [0.15, 0.2) is 91.1 Å². The van der Waals surface area contributed by atoms with E-state index in [0.717, 1.165) is 28.2 Å². The van der Waals surface area contributed by atoms with E-state index in [1.165, 1.54) is 22.3 Å². The second-order valence-electron chi connectivity index (χ2n) is 9.09. The molecule has 0 aliphatic rings. The number of pyridine rings is 1. The number of fused-ring (bicyclic) bond motifs is 1. The SMILES string of the molecule is Cc1c(-c2ccccc2)cccc1-c1ccn2c(-c3ccc(CNCC(O)CC(=O)O)cc3)nnc2c1. The van der Waals surface area contributed by atoms with Crippen molar-refractivity contribution in [3.63, 3.8) is 0 Å². The molecular formula is C30H28N4O3. The topological polar surface area (TPSA) is 99.8 Å². The van der Waals surface area contributed by atoms with Crippen molar-refractivity contribution in [2.75, 3.05) is 6.54 Å². The molecule has 0 spiro atoms. The van der Waals surface area contributed by atoms with Gasteiger partial charge in [0.15, 0.2) is 11.5 Å². The van der Waals surface area contributed by atoms with Crippen LogP contribution in [0, 0.1) is 6.92 Å². The molecular weight excluding hydrogens is 464 g/mol. The van der Waals surface area contributed by atoms with Gasteiger partial charge in [-0.1, -0.05) is 72.8 Å². The highest BCUT2D eigenvalue weighted by molar-refractivity contribution is 5.79. The summed E-state index contributed by atoms with van der Waals surface area (Å²) in [7, 11) is 0. The molecule has 0 aliphatic carbocycles. The predicted octanol–water partition coefficient (Wildman–Crippen LogP) is 4.96. The molecule has 0 radical (unpaired) electrons. The van der Waals surface area contributed by atoms with Crippen LogP contribution in [0.5, 0.6) is 0 Å². The van der Waals surface area contributed by atoms with Crippen LogP contribution in [0.4, 0.5) is 0 Å². The van der Waals surface area contributed by atoms with Crippen LogP contribution in [0.1, 0.15) is 17.5 Å². The van der Waals surface area contributed by atoms with E-state index in [1.807, 2.05) is 40.9 Å². The number of aliphatic hydroxyl groups is 1. The Hall–Kier alpha value is -4.33. The van der Waals surface area contributed by atoms with Crippen LogP contribution in [0.3, 0.4) is 0 Å². The summed E-state index contributed by atoms with van der Waals surface area (Å²) < 4.78 is 1.98. The lowest BCUT2D eigenvalue weighted by Gasteiger charge is -2.12. The molecule has 7 heteroatoms. The third-order valence-corrected chi connectivity index (χ3v) is 6.47. The smallest absolute Gasteiger partial charge is 0.306 e. The lowest BCUT2D eigenvalue weighted by atomic mass is 9.93. The Balaban J connectivity index is 1.34. The summed E-state index contributed by atoms with van der Waals surface area (Å²) in [5.74, 6) is -0.255. The number of carbonyl (C=O) groups is 1. The van der Waals surface area contributed by atoms with Gasteiger partial charge in [-0.15, -0.1) is 10.2 Å². The van der Waals surface area contributed by atoms with E-state index in [0.29, 0.717) is 6.54 Å². The van der Waals surface area contributed by atoms with Crippen molar-refractivity contribution in [2.45, 2.75) is 26.0 Å². The highest BCUT2D eigenvalue weighted by Crippen LogP contribution is 2.32. The minimum absolute atomic E-state index is 0.221. The minimum atomic E-state index is -1.01. The molecule has 5 aromatic rings. The molecule has 0 bridgehead atoms. The summed E-state index contributed by atoms with van der Waals surface area (Å²) in [6.07, 6.45) is 0.827. The van der Waals surface area contributed by atoms with Gasteiger partial charge in [0.25, 0.3) is 0 Å². The Morgan fingerprint density at radius 1 is 0.892 bits per heavy atom. The van der Waals surface area contributed by atoms with Gasteiger partial charge in [0, 0.05) is 24.8 Å². The molecule has 3 aromatic carbocycles. The molecule has 3 N–H and O–H groups in total. The Kier molecular flexibility index (Phi) is 7.07. The van der Waals surface area contributed by atoms with E-state index in [4.69, 9.17) is 5.11 Å². The number of benzene rings is 3. The summed E-state index contributed by atoms with van der Waals surface area (Å²) in [5.41, 5.74) is 8.63. The van der Waals surface area contributed by atoms with Crippen LogP contribution in [-0.4, -0.2) is 43.4 Å². The third kappa shape index (κ3) is 5.43. The molecule has 0 saturated carbocycles. The van der Waals surface area contributed by atoms with E-state index < -0.39 is 12.1 Å². The van der Waals surface area contributed by atoms with E-state index in [1.54, 1.807) is 0 Å². The molecule has 2 heterocycles. The Bertz CT molecular complexity index is 1530. The first-order chi connectivity index (χ1) is 18.0. The normalized spacial score (nSPS) is 12.1. The Morgan fingerprint density at radius 3 is 2.35 bits per heavy atom. The Morgan fingerprint density at radius 2 is 1.62 bits per heavy atom. The quantitative estimate of drug-likeness (QED) is 0.269. The van der Waals surface area contributed by atoms with E-state index >= 15 is 0 Å². The zero-order valence-corrected chi connectivity index (χ0v) is 20.5. The first-order valence-corrected chi connectivity index (χ1v) is 12.2. The minimum Gasteiger partial charge on any atom is -0.481 e. The number of hydrogen-bond donors (Lipinski definition) is 3. The van der Waals surface area contributed by atoms with E-state index in [-0.39, 0.29) is 13.0 Å². The molecule has 186 valence electrons. The second-order valence-corrected chi connectivity index (χ2v) is 9.09. The van der Waals surface area contributed by atoms with Gasteiger partial charge in [0.05, 0.1) is 12.5 Å². The van der Waals surface area contributed by atoms with Gasteiger partial charge in [0.1, 0.15) is 0 Å². The van der Waals surface area contributed by atoms with Gasteiger partial charge in [-0.25, -0.2) is 0 Å². The summed E-state index contributed by atoms with van der Waals surface area (Å²) >= 11 is 0. The van der Waals surface area contributed by atoms with Crippen LogP contribution < -0.4 is 5.32 Å². The largest absolute Gasteiger partial charge is 0.481 e. The van der Waals surface area contributed by atoms with Crippen LogP contribution in [0.2, 0.25) is 0 Å². The molecule has 0 amide bonds. The lowest BCUT2D eigenvalue weighted by Crippen LogP contribution is -2.28. The van der Waals surface area contributed by atoms with Crippen molar-refractivity contribution in [1.29, 1.82) is 0 Å².